The summed E-state index contributed by atoms with van der Waals surface area (Å²) < 4.78 is 1.86. The van der Waals surface area contributed by atoms with Crippen molar-refractivity contribution in [2.24, 2.45) is 0 Å². The van der Waals surface area contributed by atoms with E-state index >= 15 is 0 Å². The van der Waals surface area contributed by atoms with Gasteiger partial charge in [-0.15, -0.1) is 10.2 Å². The van der Waals surface area contributed by atoms with Crippen LogP contribution in [0.15, 0.2) is 61.2 Å². The molecule has 2 aromatic carbocycles. The first-order valence-electron chi connectivity index (χ1n) is 5.64. The van der Waals surface area contributed by atoms with E-state index in [2.05, 4.69) is 10.2 Å². The Morgan fingerprint density at radius 1 is 0.833 bits per heavy atom. The minimum atomic E-state index is 0.787. The minimum Gasteiger partial charge on any atom is -0.398 e. The summed E-state index contributed by atoms with van der Waals surface area (Å²) in [7, 11) is 0. The standard InChI is InChI=1S/C14H12N4/c15-14-4-2-1-3-13(14)11-5-7-12(8-6-11)18-9-16-17-10-18/h1-10H,15H2. The number of hydrogen-bond donors (Lipinski definition) is 1. The summed E-state index contributed by atoms with van der Waals surface area (Å²) >= 11 is 0. The van der Waals surface area contributed by atoms with Crippen LogP contribution in [0.2, 0.25) is 0 Å². The summed E-state index contributed by atoms with van der Waals surface area (Å²) in [5, 5.41) is 7.57. The number of para-hydroxylation sites is 1. The first-order valence-corrected chi connectivity index (χ1v) is 5.64. The van der Waals surface area contributed by atoms with Crippen LogP contribution in [-0.4, -0.2) is 14.8 Å². The van der Waals surface area contributed by atoms with Gasteiger partial charge in [0.2, 0.25) is 0 Å². The normalized spacial score (nSPS) is 10.4. The van der Waals surface area contributed by atoms with Gasteiger partial charge in [0, 0.05) is 16.9 Å². The highest BCUT2D eigenvalue weighted by atomic mass is 15.2. The topological polar surface area (TPSA) is 56.7 Å². The van der Waals surface area contributed by atoms with Gasteiger partial charge in [-0.05, 0) is 23.8 Å². The van der Waals surface area contributed by atoms with E-state index in [1.165, 1.54) is 0 Å². The van der Waals surface area contributed by atoms with Gasteiger partial charge in [0.05, 0.1) is 0 Å². The van der Waals surface area contributed by atoms with E-state index in [4.69, 9.17) is 5.73 Å². The Kier molecular flexibility index (Phi) is 2.53. The van der Waals surface area contributed by atoms with E-state index in [0.717, 1.165) is 22.5 Å². The van der Waals surface area contributed by atoms with Gasteiger partial charge >= 0.3 is 0 Å². The molecule has 1 aromatic heterocycles. The number of anilines is 1. The van der Waals surface area contributed by atoms with Gasteiger partial charge in [-0.1, -0.05) is 30.3 Å². The van der Waals surface area contributed by atoms with Gasteiger partial charge < -0.3 is 5.73 Å². The molecule has 0 saturated heterocycles. The molecule has 18 heavy (non-hydrogen) atoms. The van der Waals surface area contributed by atoms with Crippen molar-refractivity contribution in [1.29, 1.82) is 0 Å². The van der Waals surface area contributed by atoms with E-state index in [1.807, 2.05) is 53.1 Å². The van der Waals surface area contributed by atoms with Crippen LogP contribution in [0, 0.1) is 0 Å². The third kappa shape index (κ3) is 1.84. The molecule has 0 atom stereocenters. The van der Waals surface area contributed by atoms with Crippen molar-refractivity contribution in [3.05, 3.63) is 61.2 Å². The fraction of sp³-hybridized carbons (Fsp3) is 0. The van der Waals surface area contributed by atoms with Crippen molar-refractivity contribution in [2.75, 3.05) is 5.73 Å². The van der Waals surface area contributed by atoms with Gasteiger partial charge in [-0.2, -0.15) is 0 Å². The molecule has 3 rings (SSSR count). The van der Waals surface area contributed by atoms with Crippen molar-refractivity contribution in [3.8, 4) is 16.8 Å². The molecule has 0 bridgehead atoms. The van der Waals surface area contributed by atoms with Gasteiger partial charge in [0.1, 0.15) is 12.7 Å². The Labute approximate surface area is 105 Å². The molecule has 1 heterocycles. The number of hydrogen-bond acceptors (Lipinski definition) is 3. The second-order valence-corrected chi connectivity index (χ2v) is 4.00. The van der Waals surface area contributed by atoms with Crippen LogP contribution in [0.4, 0.5) is 5.69 Å². The molecule has 4 nitrogen and oxygen atoms in total. The quantitative estimate of drug-likeness (QED) is 0.695. The summed E-state index contributed by atoms with van der Waals surface area (Å²) in [6.45, 7) is 0. The van der Waals surface area contributed by atoms with E-state index in [9.17, 15) is 0 Å². The maximum absolute atomic E-state index is 5.96. The number of rotatable bonds is 2. The molecule has 0 aliphatic carbocycles. The summed E-state index contributed by atoms with van der Waals surface area (Å²) in [5.74, 6) is 0. The molecule has 0 radical (unpaired) electrons. The molecular weight excluding hydrogens is 224 g/mol. The summed E-state index contributed by atoms with van der Waals surface area (Å²) in [4.78, 5) is 0. The maximum atomic E-state index is 5.96. The molecule has 0 aliphatic rings. The molecule has 2 N–H and O–H groups in total. The molecule has 3 aromatic rings. The van der Waals surface area contributed by atoms with Crippen molar-refractivity contribution in [1.82, 2.24) is 14.8 Å². The third-order valence-corrected chi connectivity index (χ3v) is 2.86. The summed E-state index contributed by atoms with van der Waals surface area (Å²) in [5.41, 5.74) is 9.92. The molecule has 0 amide bonds. The zero-order valence-corrected chi connectivity index (χ0v) is 9.69. The lowest BCUT2D eigenvalue weighted by molar-refractivity contribution is 1.06. The average Bonchev–Trinajstić information content (AvgIpc) is 2.94. The van der Waals surface area contributed by atoms with Crippen molar-refractivity contribution in [2.45, 2.75) is 0 Å². The van der Waals surface area contributed by atoms with Crippen LogP contribution >= 0.6 is 0 Å². The highest BCUT2D eigenvalue weighted by molar-refractivity contribution is 5.76. The highest BCUT2D eigenvalue weighted by Gasteiger charge is 2.02. The molecule has 0 spiro atoms. The van der Waals surface area contributed by atoms with Crippen LogP contribution in [-0.2, 0) is 0 Å². The first kappa shape index (κ1) is 10.5. The first-order chi connectivity index (χ1) is 8.84. The predicted molar refractivity (Wildman–Crippen MR) is 71.2 cm³/mol. The Morgan fingerprint density at radius 3 is 2.17 bits per heavy atom. The number of nitrogens with two attached hydrogens (primary N) is 1. The zero-order chi connectivity index (χ0) is 12.4. The molecule has 0 aliphatic heterocycles. The largest absolute Gasteiger partial charge is 0.398 e. The van der Waals surface area contributed by atoms with E-state index in [1.54, 1.807) is 12.7 Å². The van der Waals surface area contributed by atoms with Crippen LogP contribution < -0.4 is 5.73 Å². The van der Waals surface area contributed by atoms with Crippen LogP contribution in [0.1, 0.15) is 0 Å². The lowest BCUT2D eigenvalue weighted by Crippen LogP contribution is -1.91. The molecule has 4 heteroatoms. The van der Waals surface area contributed by atoms with Gasteiger partial charge in [0.15, 0.2) is 0 Å². The molecule has 88 valence electrons. The van der Waals surface area contributed by atoms with Crippen LogP contribution in [0.25, 0.3) is 16.8 Å². The Balaban J connectivity index is 1.99. The fourth-order valence-electron chi connectivity index (χ4n) is 1.91. The molecule has 0 saturated carbocycles. The van der Waals surface area contributed by atoms with E-state index in [-0.39, 0.29) is 0 Å². The Bertz CT molecular complexity index is 642. The SMILES string of the molecule is Nc1ccccc1-c1ccc(-n2cnnc2)cc1. The van der Waals surface area contributed by atoms with Crippen LogP contribution in [0.5, 0.6) is 0 Å². The van der Waals surface area contributed by atoms with Gasteiger partial charge in [0.25, 0.3) is 0 Å². The Morgan fingerprint density at radius 2 is 1.50 bits per heavy atom. The zero-order valence-electron chi connectivity index (χ0n) is 9.69. The number of nitrogen functional groups attached to an aromatic ring is 1. The van der Waals surface area contributed by atoms with Crippen molar-refractivity contribution < 1.29 is 0 Å². The number of nitrogens with zero attached hydrogens (tertiary/aromatic N) is 3. The number of benzene rings is 2. The molecule has 0 unspecified atom stereocenters. The predicted octanol–water partition coefficient (Wildman–Crippen LogP) is 2.52. The van der Waals surface area contributed by atoms with Crippen molar-refractivity contribution >= 4 is 5.69 Å². The van der Waals surface area contributed by atoms with E-state index in [0.29, 0.717) is 0 Å². The summed E-state index contributed by atoms with van der Waals surface area (Å²) in [6, 6.07) is 16.0. The summed E-state index contributed by atoms with van der Waals surface area (Å²) in [6.07, 6.45) is 3.35. The van der Waals surface area contributed by atoms with Crippen LogP contribution in [0.3, 0.4) is 0 Å². The number of aromatic nitrogens is 3. The molecule has 0 fully saturated rings. The minimum absolute atomic E-state index is 0.787. The lowest BCUT2D eigenvalue weighted by atomic mass is 10.0. The smallest absolute Gasteiger partial charge is 0.123 e. The monoisotopic (exact) mass is 236 g/mol. The fourth-order valence-corrected chi connectivity index (χ4v) is 1.91. The lowest BCUT2D eigenvalue weighted by Gasteiger charge is -2.07. The second-order valence-electron chi connectivity index (χ2n) is 4.00. The van der Waals surface area contributed by atoms with E-state index < -0.39 is 0 Å². The average molecular weight is 236 g/mol. The second kappa shape index (κ2) is 4.33. The van der Waals surface area contributed by atoms with Crippen molar-refractivity contribution in [3.63, 3.8) is 0 Å². The molecular formula is C14H12N4. The maximum Gasteiger partial charge on any atom is 0.123 e. The van der Waals surface area contributed by atoms with Gasteiger partial charge in [-0.3, -0.25) is 4.57 Å². The van der Waals surface area contributed by atoms with Gasteiger partial charge in [-0.25, -0.2) is 0 Å². The Hall–Kier alpha value is -2.62. The third-order valence-electron chi connectivity index (χ3n) is 2.86. The highest BCUT2D eigenvalue weighted by Crippen LogP contribution is 2.26.